The zero-order valence-electron chi connectivity index (χ0n) is 40.2. The van der Waals surface area contributed by atoms with Crippen molar-refractivity contribution in [3.8, 4) is 33.8 Å². The Hall–Kier alpha value is -7.80. The van der Waals surface area contributed by atoms with Crippen LogP contribution in [0, 0.1) is 0 Å². The second-order valence-corrected chi connectivity index (χ2v) is 22.0. The van der Waals surface area contributed by atoms with Crippen LogP contribution in [0.3, 0.4) is 0 Å². The van der Waals surface area contributed by atoms with Crippen LogP contribution in [0.1, 0.15) is 52.7 Å². The number of para-hydroxylation sites is 1. The Morgan fingerprint density at radius 3 is 1.76 bits per heavy atom. The molecule has 0 atom stereocenters. The average Bonchev–Trinajstić information content (AvgIpc) is 3.94. The molecule has 0 N–H and O–H groups in total. The highest BCUT2D eigenvalue weighted by Crippen LogP contribution is 2.50. The molecular weight excluding hydrogens is 872 g/mol. The van der Waals surface area contributed by atoms with E-state index < -0.39 is 0 Å². The van der Waals surface area contributed by atoms with Gasteiger partial charge in [0.2, 0.25) is 0 Å². The van der Waals surface area contributed by atoms with E-state index in [1.165, 1.54) is 48.3 Å². The Bertz CT molecular complexity index is 3770. The van der Waals surface area contributed by atoms with Crippen molar-refractivity contribution in [2.75, 3.05) is 9.80 Å². The first-order valence-electron chi connectivity index (χ1n) is 24.3. The quantitative estimate of drug-likeness (QED) is 0.155. The van der Waals surface area contributed by atoms with E-state index in [1.54, 1.807) is 0 Å². The summed E-state index contributed by atoms with van der Waals surface area (Å²) >= 11 is 1.89. The van der Waals surface area contributed by atoms with E-state index in [0.29, 0.717) is 0 Å². The van der Waals surface area contributed by atoms with Crippen LogP contribution in [0.2, 0.25) is 0 Å². The Labute approximate surface area is 414 Å². The summed E-state index contributed by atoms with van der Waals surface area (Å²) in [5, 5.41) is 3.44. The van der Waals surface area contributed by atoms with Gasteiger partial charge in [0.1, 0.15) is 22.7 Å². The maximum atomic E-state index is 7.37. The van der Waals surface area contributed by atoms with E-state index in [-0.39, 0.29) is 17.5 Å². The molecule has 0 saturated heterocycles. The number of hydrogen-bond acceptors (Lipinski definition) is 5. The van der Waals surface area contributed by atoms with Gasteiger partial charge < -0.3 is 19.0 Å². The van der Waals surface area contributed by atoms with Crippen LogP contribution in [0.25, 0.3) is 54.3 Å². The molecule has 0 radical (unpaired) electrons. The van der Waals surface area contributed by atoms with Gasteiger partial charge in [-0.2, -0.15) is 0 Å². The number of benzene rings is 9. The average molecular weight is 923 g/mol. The standard InChI is InChI=1S/C64H51BN2O2S/c1-63(2,3)44-22-26-46(27-23-44)66(47-28-24-45(25-29-47)64(4,5)6)48-31-33-53-57(39-48)69-58-37-43(41-17-11-8-12-18-41)36-54-60(58)65(53)62-61(52-35-42(21-34-59(52)70-62)40-15-9-7-10-16-40)67(54)49-30-32-51-50-19-13-14-20-55(50)68-56(51)38-49/h7-39H,1-6H3. The van der Waals surface area contributed by atoms with Crippen molar-refractivity contribution >= 4 is 99.9 Å². The molecule has 4 nitrogen and oxygen atoms in total. The number of furan rings is 1. The van der Waals surface area contributed by atoms with Crippen LogP contribution >= 0.6 is 11.3 Å². The van der Waals surface area contributed by atoms with Gasteiger partial charge in [0.05, 0.1) is 5.69 Å². The highest BCUT2D eigenvalue weighted by Gasteiger charge is 2.45. The lowest BCUT2D eigenvalue weighted by Crippen LogP contribution is -2.58. The lowest BCUT2D eigenvalue weighted by atomic mass is 9.37. The number of ether oxygens (including phenoxy) is 1. The minimum Gasteiger partial charge on any atom is -0.458 e. The fourth-order valence-corrected chi connectivity index (χ4v) is 12.1. The van der Waals surface area contributed by atoms with Crippen LogP contribution in [0.15, 0.2) is 205 Å². The summed E-state index contributed by atoms with van der Waals surface area (Å²) in [6, 6.07) is 73.1. The third-order valence-corrected chi connectivity index (χ3v) is 15.7. The third kappa shape index (κ3) is 6.95. The zero-order chi connectivity index (χ0) is 47.5. The van der Waals surface area contributed by atoms with Gasteiger partial charge in [-0.1, -0.05) is 157 Å². The van der Waals surface area contributed by atoms with E-state index >= 15 is 0 Å². The molecule has 0 spiro atoms. The van der Waals surface area contributed by atoms with Crippen LogP contribution in [0.5, 0.6) is 11.5 Å². The molecular formula is C64H51BN2O2S. The summed E-state index contributed by atoms with van der Waals surface area (Å²) in [6.45, 7) is 13.5. The molecule has 4 heterocycles. The molecule has 9 aromatic carbocycles. The normalized spacial score (nSPS) is 13.1. The Kier molecular flexibility index (Phi) is 9.60. The summed E-state index contributed by atoms with van der Waals surface area (Å²) in [4.78, 5) is 4.86. The first-order valence-corrected chi connectivity index (χ1v) is 25.2. The van der Waals surface area contributed by atoms with Crippen molar-refractivity contribution in [3.63, 3.8) is 0 Å². The van der Waals surface area contributed by atoms with E-state index in [0.717, 1.165) is 78.5 Å². The summed E-state index contributed by atoms with van der Waals surface area (Å²) in [7, 11) is 0. The summed E-state index contributed by atoms with van der Waals surface area (Å²) < 4.78 is 16.5. The van der Waals surface area contributed by atoms with Gasteiger partial charge in [-0.3, -0.25) is 0 Å². The topological polar surface area (TPSA) is 28.9 Å². The number of hydrogen-bond donors (Lipinski definition) is 0. The lowest BCUT2D eigenvalue weighted by Gasteiger charge is -2.39. The van der Waals surface area contributed by atoms with Gasteiger partial charge in [-0.15, -0.1) is 11.3 Å². The maximum absolute atomic E-state index is 7.37. The van der Waals surface area contributed by atoms with Gasteiger partial charge in [-0.25, -0.2) is 0 Å². The number of anilines is 6. The molecule has 0 aliphatic carbocycles. The van der Waals surface area contributed by atoms with Gasteiger partial charge in [-0.05, 0) is 128 Å². The van der Waals surface area contributed by atoms with E-state index in [2.05, 4.69) is 245 Å². The molecule has 0 saturated carbocycles. The predicted molar refractivity (Wildman–Crippen MR) is 298 cm³/mol. The smallest absolute Gasteiger partial charge is 0.268 e. The molecule has 6 heteroatoms. The second-order valence-electron chi connectivity index (χ2n) is 21.0. The minimum absolute atomic E-state index is 0.0343. The number of rotatable bonds is 6. The fourth-order valence-electron chi connectivity index (χ4n) is 10.8. The SMILES string of the molecule is CC(C)(C)c1ccc(N(c2ccc(C(C)(C)C)cc2)c2ccc3c(c2)Oc2cc(-c4ccccc4)cc4c2B3c2sc3ccc(-c5ccccc5)cc3c2N4c2ccc3c(c2)oc2ccccc23)cc1. The molecule has 2 aliphatic heterocycles. The van der Waals surface area contributed by atoms with Crippen molar-refractivity contribution < 1.29 is 9.15 Å². The largest absolute Gasteiger partial charge is 0.458 e. The van der Waals surface area contributed by atoms with Crippen LogP contribution in [0.4, 0.5) is 34.1 Å². The Morgan fingerprint density at radius 1 is 0.471 bits per heavy atom. The van der Waals surface area contributed by atoms with E-state index in [4.69, 9.17) is 9.15 Å². The van der Waals surface area contributed by atoms with Crippen LogP contribution < -0.4 is 30.2 Å². The zero-order valence-corrected chi connectivity index (χ0v) is 41.1. The molecule has 0 bridgehead atoms. The minimum atomic E-state index is -0.0861. The highest BCUT2D eigenvalue weighted by atomic mass is 32.1. The molecule has 0 unspecified atom stereocenters. The highest BCUT2D eigenvalue weighted by molar-refractivity contribution is 7.33. The molecule has 70 heavy (non-hydrogen) atoms. The number of nitrogens with zero attached hydrogens (tertiary/aromatic N) is 2. The van der Waals surface area contributed by atoms with Crippen LogP contribution in [-0.2, 0) is 10.8 Å². The Balaban J connectivity index is 1.05. The van der Waals surface area contributed by atoms with Gasteiger partial charge in [0.25, 0.3) is 6.71 Å². The number of thiophene rings is 1. The van der Waals surface area contributed by atoms with Crippen molar-refractivity contribution in [1.82, 2.24) is 0 Å². The van der Waals surface area contributed by atoms with E-state index in [9.17, 15) is 0 Å². The van der Waals surface area contributed by atoms with Crippen molar-refractivity contribution in [3.05, 3.63) is 211 Å². The molecule has 2 aromatic heterocycles. The maximum Gasteiger partial charge on any atom is 0.268 e. The van der Waals surface area contributed by atoms with Crippen molar-refractivity contribution in [2.45, 2.75) is 52.4 Å². The summed E-state index contributed by atoms with van der Waals surface area (Å²) in [6.07, 6.45) is 0. The summed E-state index contributed by atoms with van der Waals surface area (Å²) in [5.74, 6) is 1.73. The lowest BCUT2D eigenvalue weighted by molar-refractivity contribution is 0.488. The first-order chi connectivity index (χ1) is 33.9. The van der Waals surface area contributed by atoms with Gasteiger partial charge in [0, 0.05) is 66.2 Å². The molecule has 2 aliphatic rings. The number of fused-ring (bicyclic) bond motifs is 9. The van der Waals surface area contributed by atoms with Gasteiger partial charge in [0.15, 0.2) is 0 Å². The monoisotopic (exact) mass is 922 g/mol. The summed E-state index contributed by atoms with van der Waals surface area (Å²) in [5.41, 5.74) is 17.9. The van der Waals surface area contributed by atoms with Crippen molar-refractivity contribution in [2.24, 2.45) is 0 Å². The molecule has 13 rings (SSSR count). The predicted octanol–water partition coefficient (Wildman–Crippen LogP) is 16.6. The fraction of sp³-hybridized carbons (Fsp3) is 0.125. The van der Waals surface area contributed by atoms with Crippen LogP contribution in [-0.4, -0.2) is 6.71 Å². The molecule has 0 amide bonds. The Morgan fingerprint density at radius 2 is 1.09 bits per heavy atom. The molecule has 338 valence electrons. The molecule has 11 aromatic rings. The van der Waals surface area contributed by atoms with E-state index in [1.807, 2.05) is 17.4 Å². The van der Waals surface area contributed by atoms with Gasteiger partial charge >= 0.3 is 0 Å². The first kappa shape index (κ1) is 42.3. The van der Waals surface area contributed by atoms with Crippen molar-refractivity contribution in [1.29, 1.82) is 0 Å². The second kappa shape index (κ2) is 15.9. The molecule has 0 fully saturated rings. The third-order valence-electron chi connectivity index (χ3n) is 14.4.